The number of benzene rings is 4. The van der Waals surface area contributed by atoms with Crippen LogP contribution in [0.3, 0.4) is 0 Å². The fourth-order valence-corrected chi connectivity index (χ4v) is 5.02. The standard InChI is InChI=1S/C35H28O10/c1-38-22-13-30(41-4)34-24(36)17-27(44-32(34)15-22)19-6-9-21(10-7-19)43-29-12-20(8-11-26(29)40-3)28-18-25(37)35-31(42-5)14-23(39-2)16-33(35)45-28/h6-18H,1-5H3. The first-order valence-electron chi connectivity index (χ1n) is 13.7. The number of ether oxygens (including phenoxy) is 6. The fourth-order valence-electron chi connectivity index (χ4n) is 5.02. The number of hydrogen-bond donors (Lipinski definition) is 0. The molecule has 0 spiro atoms. The lowest BCUT2D eigenvalue weighted by Gasteiger charge is -2.13. The Bertz CT molecular complexity index is 2160. The maximum Gasteiger partial charge on any atom is 0.197 e. The molecular weight excluding hydrogens is 580 g/mol. The summed E-state index contributed by atoms with van der Waals surface area (Å²) in [4.78, 5) is 26.1. The van der Waals surface area contributed by atoms with Crippen LogP contribution in [0.1, 0.15) is 0 Å². The van der Waals surface area contributed by atoms with E-state index in [0.29, 0.717) is 84.8 Å². The summed E-state index contributed by atoms with van der Waals surface area (Å²) < 4.78 is 45.3. The first kappa shape index (κ1) is 29.2. The summed E-state index contributed by atoms with van der Waals surface area (Å²) >= 11 is 0. The monoisotopic (exact) mass is 608 g/mol. The highest BCUT2D eigenvalue weighted by Gasteiger charge is 2.17. The Morgan fingerprint density at radius 3 is 1.42 bits per heavy atom. The molecular formula is C35H28O10. The summed E-state index contributed by atoms with van der Waals surface area (Å²) in [5.41, 5.74) is 1.40. The van der Waals surface area contributed by atoms with Crippen molar-refractivity contribution >= 4 is 21.9 Å². The molecule has 2 heterocycles. The van der Waals surface area contributed by atoms with E-state index in [2.05, 4.69) is 0 Å². The van der Waals surface area contributed by atoms with Gasteiger partial charge in [0.25, 0.3) is 0 Å². The molecule has 0 saturated carbocycles. The van der Waals surface area contributed by atoms with Gasteiger partial charge in [0.1, 0.15) is 62.2 Å². The van der Waals surface area contributed by atoms with Crippen LogP contribution in [0, 0.1) is 0 Å². The molecule has 10 nitrogen and oxygen atoms in total. The van der Waals surface area contributed by atoms with Crippen molar-refractivity contribution in [2.45, 2.75) is 0 Å². The van der Waals surface area contributed by atoms with E-state index in [0.717, 1.165) is 0 Å². The Hall–Kier alpha value is -5.90. The molecule has 0 aliphatic carbocycles. The average molecular weight is 609 g/mol. The van der Waals surface area contributed by atoms with Crippen LogP contribution in [0.15, 0.2) is 97.3 Å². The zero-order valence-electron chi connectivity index (χ0n) is 25.1. The van der Waals surface area contributed by atoms with Gasteiger partial charge in [0.2, 0.25) is 0 Å². The van der Waals surface area contributed by atoms with Gasteiger partial charge in [0, 0.05) is 47.5 Å². The molecule has 0 N–H and O–H groups in total. The van der Waals surface area contributed by atoms with Crippen LogP contribution in [0.25, 0.3) is 44.6 Å². The molecule has 4 aromatic carbocycles. The molecule has 6 rings (SSSR count). The molecule has 0 unspecified atom stereocenters. The first-order valence-corrected chi connectivity index (χ1v) is 13.7. The van der Waals surface area contributed by atoms with Crippen molar-refractivity contribution in [1.29, 1.82) is 0 Å². The lowest BCUT2D eigenvalue weighted by atomic mass is 10.1. The minimum Gasteiger partial charge on any atom is -0.496 e. The molecule has 0 aliphatic heterocycles. The van der Waals surface area contributed by atoms with E-state index >= 15 is 0 Å². The Kier molecular flexibility index (Phi) is 7.78. The van der Waals surface area contributed by atoms with Crippen LogP contribution >= 0.6 is 0 Å². The molecule has 10 heteroatoms. The molecule has 0 fully saturated rings. The summed E-state index contributed by atoms with van der Waals surface area (Å²) in [5, 5.41) is 0.641. The van der Waals surface area contributed by atoms with Crippen molar-refractivity contribution in [2.24, 2.45) is 0 Å². The van der Waals surface area contributed by atoms with E-state index in [1.165, 1.54) is 47.7 Å². The highest BCUT2D eigenvalue weighted by Crippen LogP contribution is 2.38. The van der Waals surface area contributed by atoms with Crippen molar-refractivity contribution in [1.82, 2.24) is 0 Å². The van der Waals surface area contributed by atoms with E-state index in [9.17, 15) is 9.59 Å². The fraction of sp³-hybridized carbons (Fsp3) is 0.143. The van der Waals surface area contributed by atoms with Crippen LogP contribution in [0.5, 0.6) is 40.2 Å². The van der Waals surface area contributed by atoms with Crippen LogP contribution in [0.4, 0.5) is 0 Å². The number of fused-ring (bicyclic) bond motifs is 2. The van der Waals surface area contributed by atoms with Gasteiger partial charge in [-0.3, -0.25) is 9.59 Å². The molecule has 228 valence electrons. The van der Waals surface area contributed by atoms with Crippen molar-refractivity contribution in [3.8, 4) is 62.9 Å². The molecule has 45 heavy (non-hydrogen) atoms. The van der Waals surface area contributed by atoms with Gasteiger partial charge in [0.05, 0.1) is 35.5 Å². The Morgan fingerprint density at radius 2 is 0.933 bits per heavy atom. The second-order valence-electron chi connectivity index (χ2n) is 9.85. The van der Waals surface area contributed by atoms with Crippen molar-refractivity contribution in [3.63, 3.8) is 0 Å². The van der Waals surface area contributed by atoms with Crippen molar-refractivity contribution in [3.05, 3.63) is 99.3 Å². The SMILES string of the molecule is COc1cc(OC)c2c(=O)cc(-c3ccc(Oc4cc(-c5cc(=O)c6c(OC)cc(OC)cc6o5)ccc4OC)cc3)oc2c1. The van der Waals surface area contributed by atoms with Gasteiger partial charge < -0.3 is 37.3 Å². The average Bonchev–Trinajstić information content (AvgIpc) is 3.07. The molecule has 0 aliphatic rings. The molecule has 2 aromatic heterocycles. The third kappa shape index (κ3) is 5.49. The third-order valence-electron chi connectivity index (χ3n) is 7.26. The summed E-state index contributed by atoms with van der Waals surface area (Å²) in [6, 6.07) is 21.6. The van der Waals surface area contributed by atoms with Crippen molar-refractivity contribution < 1.29 is 37.3 Å². The Morgan fingerprint density at radius 1 is 0.444 bits per heavy atom. The minimum absolute atomic E-state index is 0.245. The smallest absolute Gasteiger partial charge is 0.197 e. The quantitative estimate of drug-likeness (QED) is 0.169. The van der Waals surface area contributed by atoms with E-state index in [1.807, 2.05) is 0 Å². The van der Waals surface area contributed by atoms with Crippen LogP contribution < -0.4 is 39.3 Å². The second kappa shape index (κ2) is 12.0. The highest BCUT2D eigenvalue weighted by molar-refractivity contribution is 5.87. The predicted octanol–water partition coefficient (Wildman–Crippen LogP) is 7.07. The summed E-state index contributed by atoms with van der Waals surface area (Å²) in [6.07, 6.45) is 0. The third-order valence-corrected chi connectivity index (χ3v) is 7.26. The summed E-state index contributed by atoms with van der Waals surface area (Å²) in [7, 11) is 7.55. The molecule has 0 radical (unpaired) electrons. The summed E-state index contributed by atoms with van der Waals surface area (Å²) in [5.74, 6) is 3.77. The van der Waals surface area contributed by atoms with E-state index < -0.39 is 0 Å². The van der Waals surface area contributed by atoms with E-state index in [-0.39, 0.29) is 10.9 Å². The lowest BCUT2D eigenvalue weighted by molar-refractivity contribution is 0.379. The van der Waals surface area contributed by atoms with Gasteiger partial charge in [-0.15, -0.1) is 0 Å². The van der Waals surface area contributed by atoms with Gasteiger partial charge in [-0.2, -0.15) is 0 Å². The highest BCUT2D eigenvalue weighted by atomic mass is 16.5. The van der Waals surface area contributed by atoms with Gasteiger partial charge in [-0.1, -0.05) is 0 Å². The van der Waals surface area contributed by atoms with E-state index in [1.54, 1.807) is 66.7 Å². The molecule has 6 aromatic rings. The lowest BCUT2D eigenvalue weighted by Crippen LogP contribution is -2.03. The van der Waals surface area contributed by atoms with Crippen molar-refractivity contribution in [2.75, 3.05) is 35.5 Å². The van der Waals surface area contributed by atoms with Gasteiger partial charge >= 0.3 is 0 Å². The molecule has 0 atom stereocenters. The number of hydrogen-bond acceptors (Lipinski definition) is 10. The summed E-state index contributed by atoms with van der Waals surface area (Å²) in [6.45, 7) is 0. The Balaban J connectivity index is 1.33. The van der Waals surface area contributed by atoms with Gasteiger partial charge in [-0.25, -0.2) is 0 Å². The zero-order chi connectivity index (χ0) is 31.7. The van der Waals surface area contributed by atoms with E-state index in [4.69, 9.17) is 37.3 Å². The Labute approximate surface area is 256 Å². The maximum absolute atomic E-state index is 13.1. The maximum atomic E-state index is 13.1. The van der Waals surface area contributed by atoms with Crippen LogP contribution in [-0.4, -0.2) is 35.5 Å². The van der Waals surface area contributed by atoms with Gasteiger partial charge in [-0.05, 0) is 42.5 Å². The number of rotatable bonds is 9. The first-order chi connectivity index (χ1) is 21.8. The molecule has 0 saturated heterocycles. The normalized spacial score (nSPS) is 11.0. The zero-order valence-corrected chi connectivity index (χ0v) is 25.1. The molecule has 0 bridgehead atoms. The van der Waals surface area contributed by atoms with Gasteiger partial charge in [0.15, 0.2) is 22.4 Å². The predicted molar refractivity (Wildman–Crippen MR) is 169 cm³/mol. The minimum atomic E-state index is -0.267. The number of methoxy groups -OCH3 is 5. The largest absolute Gasteiger partial charge is 0.496 e. The van der Waals surface area contributed by atoms with Crippen LogP contribution in [0.2, 0.25) is 0 Å². The topological polar surface area (TPSA) is 116 Å². The second-order valence-corrected chi connectivity index (χ2v) is 9.85. The molecule has 0 amide bonds. The van der Waals surface area contributed by atoms with Crippen LogP contribution in [-0.2, 0) is 0 Å².